The van der Waals surface area contributed by atoms with Crippen molar-refractivity contribution in [1.82, 2.24) is 9.97 Å². The molecule has 0 radical (unpaired) electrons. The highest BCUT2D eigenvalue weighted by Gasteiger charge is 2.33. The summed E-state index contributed by atoms with van der Waals surface area (Å²) in [5.41, 5.74) is 0. The molecule has 92 valence electrons. The van der Waals surface area contributed by atoms with Crippen molar-refractivity contribution in [3.8, 4) is 0 Å². The monoisotopic (exact) mass is 295 g/mol. The Kier molecular flexibility index (Phi) is 3.32. The summed E-state index contributed by atoms with van der Waals surface area (Å²) in [4.78, 5) is 11.0. The van der Waals surface area contributed by atoms with E-state index in [1.807, 2.05) is 6.07 Å². The Morgan fingerprint density at radius 1 is 1.12 bits per heavy atom. The van der Waals surface area contributed by atoms with Gasteiger partial charge in [0.15, 0.2) is 0 Å². The van der Waals surface area contributed by atoms with Crippen molar-refractivity contribution in [3.05, 3.63) is 17.0 Å². The average molecular weight is 296 g/mol. The van der Waals surface area contributed by atoms with Crippen LogP contribution in [0.15, 0.2) is 17.0 Å². The van der Waals surface area contributed by atoms with Gasteiger partial charge in [-0.05, 0) is 47.5 Å². The Labute approximate surface area is 111 Å². The number of rotatable bonds is 2. The third-order valence-electron chi connectivity index (χ3n) is 4.16. The second kappa shape index (κ2) is 4.92. The lowest BCUT2D eigenvalue weighted by Gasteiger charge is -2.30. The van der Waals surface area contributed by atoms with Gasteiger partial charge in [-0.2, -0.15) is 0 Å². The maximum Gasteiger partial charge on any atom is 0.133 e. The zero-order chi connectivity index (χ0) is 11.7. The minimum absolute atomic E-state index is 0.722. The zero-order valence-electron chi connectivity index (χ0n) is 9.98. The standard InChI is InChI=1S/C13H18BrN3/c14-12-8-13(16-9-15-12)17-7-3-6-11(17)10-4-1-2-5-10/h8-11H,1-7H2. The SMILES string of the molecule is Brc1cc(N2CCCC2C2CCCC2)ncn1. The molecule has 1 aromatic rings. The van der Waals surface area contributed by atoms with Crippen LogP contribution in [0.1, 0.15) is 38.5 Å². The highest BCUT2D eigenvalue weighted by Crippen LogP contribution is 2.37. The molecule has 0 amide bonds. The molecule has 0 N–H and O–H groups in total. The van der Waals surface area contributed by atoms with Crippen molar-refractivity contribution < 1.29 is 0 Å². The summed E-state index contributed by atoms with van der Waals surface area (Å²) in [5, 5.41) is 0. The van der Waals surface area contributed by atoms with Crippen molar-refractivity contribution in [2.75, 3.05) is 11.4 Å². The van der Waals surface area contributed by atoms with E-state index >= 15 is 0 Å². The van der Waals surface area contributed by atoms with Crippen molar-refractivity contribution in [2.24, 2.45) is 5.92 Å². The number of aromatic nitrogens is 2. The van der Waals surface area contributed by atoms with Crippen LogP contribution in [-0.2, 0) is 0 Å². The van der Waals surface area contributed by atoms with Crippen LogP contribution in [-0.4, -0.2) is 22.6 Å². The largest absolute Gasteiger partial charge is 0.353 e. The zero-order valence-corrected chi connectivity index (χ0v) is 11.6. The summed E-state index contributed by atoms with van der Waals surface area (Å²) in [7, 11) is 0. The molecule has 0 spiro atoms. The molecule has 17 heavy (non-hydrogen) atoms. The second-order valence-electron chi connectivity index (χ2n) is 5.15. The smallest absolute Gasteiger partial charge is 0.133 e. The molecule has 1 aliphatic carbocycles. The summed E-state index contributed by atoms with van der Waals surface area (Å²) >= 11 is 3.43. The molecule has 2 fully saturated rings. The van der Waals surface area contributed by atoms with Gasteiger partial charge in [-0.1, -0.05) is 12.8 Å². The first kappa shape index (κ1) is 11.5. The van der Waals surface area contributed by atoms with Crippen molar-refractivity contribution in [1.29, 1.82) is 0 Å². The lowest BCUT2D eigenvalue weighted by molar-refractivity contribution is 0.429. The van der Waals surface area contributed by atoms with Gasteiger partial charge in [0.2, 0.25) is 0 Å². The van der Waals surface area contributed by atoms with E-state index in [-0.39, 0.29) is 0 Å². The molecule has 1 atom stereocenters. The second-order valence-corrected chi connectivity index (χ2v) is 5.96. The fourth-order valence-electron chi connectivity index (χ4n) is 3.39. The van der Waals surface area contributed by atoms with Crippen molar-refractivity contribution >= 4 is 21.7 Å². The van der Waals surface area contributed by atoms with E-state index in [1.54, 1.807) is 6.33 Å². The number of anilines is 1. The van der Waals surface area contributed by atoms with Crippen LogP contribution in [0.3, 0.4) is 0 Å². The lowest BCUT2D eigenvalue weighted by atomic mass is 9.96. The van der Waals surface area contributed by atoms with E-state index in [1.165, 1.54) is 38.5 Å². The van der Waals surface area contributed by atoms with Gasteiger partial charge in [-0.15, -0.1) is 0 Å². The maximum absolute atomic E-state index is 4.43. The van der Waals surface area contributed by atoms with E-state index in [9.17, 15) is 0 Å². The van der Waals surface area contributed by atoms with Gasteiger partial charge in [-0.25, -0.2) is 9.97 Å². The van der Waals surface area contributed by atoms with Crippen LogP contribution >= 0.6 is 15.9 Å². The quantitative estimate of drug-likeness (QED) is 0.783. The Balaban J connectivity index is 1.81. The fourth-order valence-corrected chi connectivity index (χ4v) is 3.69. The Morgan fingerprint density at radius 3 is 2.71 bits per heavy atom. The minimum atomic E-state index is 0.722. The normalized spacial score (nSPS) is 25.7. The van der Waals surface area contributed by atoms with Crippen LogP contribution in [0.4, 0.5) is 5.82 Å². The highest BCUT2D eigenvalue weighted by molar-refractivity contribution is 9.10. The Morgan fingerprint density at radius 2 is 1.94 bits per heavy atom. The molecular formula is C13H18BrN3. The van der Waals surface area contributed by atoms with E-state index in [4.69, 9.17) is 0 Å². The van der Waals surface area contributed by atoms with E-state index in [0.717, 1.165) is 28.9 Å². The summed E-state index contributed by atoms with van der Waals surface area (Å²) < 4.78 is 0.888. The summed E-state index contributed by atoms with van der Waals surface area (Å²) in [6.45, 7) is 1.16. The van der Waals surface area contributed by atoms with Gasteiger partial charge in [-0.3, -0.25) is 0 Å². The lowest BCUT2D eigenvalue weighted by Crippen LogP contribution is -2.35. The first-order valence-electron chi connectivity index (χ1n) is 6.59. The molecule has 0 bridgehead atoms. The number of hydrogen-bond donors (Lipinski definition) is 0. The first-order valence-corrected chi connectivity index (χ1v) is 7.38. The van der Waals surface area contributed by atoms with Crippen LogP contribution in [0.2, 0.25) is 0 Å². The average Bonchev–Trinajstić information content (AvgIpc) is 3.00. The molecule has 3 rings (SSSR count). The Bertz CT molecular complexity index is 390. The molecule has 1 saturated heterocycles. The molecule has 1 unspecified atom stereocenters. The number of hydrogen-bond acceptors (Lipinski definition) is 3. The van der Waals surface area contributed by atoms with E-state index < -0.39 is 0 Å². The molecule has 2 aliphatic rings. The highest BCUT2D eigenvalue weighted by atomic mass is 79.9. The third kappa shape index (κ3) is 2.32. The van der Waals surface area contributed by atoms with Crippen molar-refractivity contribution in [3.63, 3.8) is 0 Å². The van der Waals surface area contributed by atoms with E-state index in [0.29, 0.717) is 0 Å². The van der Waals surface area contributed by atoms with Crippen molar-refractivity contribution in [2.45, 2.75) is 44.6 Å². The summed E-state index contributed by atoms with van der Waals surface area (Å²) in [6, 6.07) is 2.77. The van der Waals surface area contributed by atoms with E-state index in [2.05, 4.69) is 30.8 Å². The summed E-state index contributed by atoms with van der Waals surface area (Å²) in [5.74, 6) is 1.99. The number of halogens is 1. The van der Waals surface area contributed by atoms with Gasteiger partial charge in [0.25, 0.3) is 0 Å². The van der Waals surface area contributed by atoms with Crippen LogP contribution in [0.25, 0.3) is 0 Å². The topological polar surface area (TPSA) is 29.0 Å². The maximum atomic E-state index is 4.43. The molecule has 3 nitrogen and oxygen atoms in total. The minimum Gasteiger partial charge on any atom is -0.353 e. The predicted molar refractivity (Wildman–Crippen MR) is 72.1 cm³/mol. The number of nitrogens with zero attached hydrogens (tertiary/aromatic N) is 3. The summed E-state index contributed by atoms with van der Waals surface area (Å²) in [6.07, 6.45) is 9.96. The van der Waals surface area contributed by atoms with Crippen LogP contribution in [0.5, 0.6) is 0 Å². The van der Waals surface area contributed by atoms with Crippen LogP contribution < -0.4 is 4.90 Å². The molecule has 0 aromatic carbocycles. The molecule has 4 heteroatoms. The third-order valence-corrected chi connectivity index (χ3v) is 4.59. The molecule has 1 saturated carbocycles. The molecule has 1 aromatic heterocycles. The Hall–Kier alpha value is -0.640. The molecular weight excluding hydrogens is 278 g/mol. The van der Waals surface area contributed by atoms with Gasteiger partial charge < -0.3 is 4.90 Å². The predicted octanol–water partition coefficient (Wildman–Crippen LogP) is 3.40. The molecule has 1 aliphatic heterocycles. The van der Waals surface area contributed by atoms with Crippen LogP contribution in [0, 0.1) is 5.92 Å². The van der Waals surface area contributed by atoms with Gasteiger partial charge in [0.1, 0.15) is 16.7 Å². The van der Waals surface area contributed by atoms with Gasteiger partial charge >= 0.3 is 0 Å². The molecule has 2 heterocycles. The fraction of sp³-hybridized carbons (Fsp3) is 0.692. The van der Waals surface area contributed by atoms with Gasteiger partial charge in [0, 0.05) is 18.7 Å². The van der Waals surface area contributed by atoms with Gasteiger partial charge in [0.05, 0.1) is 0 Å². The first-order chi connectivity index (χ1) is 8.34.